The van der Waals surface area contributed by atoms with Crippen molar-refractivity contribution in [3.63, 3.8) is 0 Å². The Morgan fingerprint density at radius 3 is 2.75 bits per heavy atom. The van der Waals surface area contributed by atoms with E-state index in [1.807, 2.05) is 18.7 Å². The smallest absolute Gasteiger partial charge is 0.307 e. The predicted molar refractivity (Wildman–Crippen MR) is 60.1 cm³/mol. The highest BCUT2D eigenvalue weighted by Crippen LogP contribution is 2.15. The Balaban J connectivity index is 2.37. The first-order valence-corrected chi connectivity index (χ1v) is 5.73. The van der Waals surface area contributed by atoms with Crippen molar-refractivity contribution in [3.8, 4) is 0 Å². The summed E-state index contributed by atoms with van der Waals surface area (Å²) in [6, 6.07) is 0.132. The van der Waals surface area contributed by atoms with Crippen molar-refractivity contribution in [1.82, 2.24) is 10.2 Å². The van der Waals surface area contributed by atoms with Gasteiger partial charge in [-0.05, 0) is 33.2 Å². The first kappa shape index (κ1) is 13.0. The summed E-state index contributed by atoms with van der Waals surface area (Å²) in [7, 11) is 0. The van der Waals surface area contributed by atoms with E-state index in [9.17, 15) is 9.59 Å². The molecule has 1 amide bonds. The lowest BCUT2D eigenvalue weighted by molar-refractivity contribution is -0.144. The van der Waals surface area contributed by atoms with Crippen LogP contribution in [0.5, 0.6) is 0 Å². The van der Waals surface area contributed by atoms with Gasteiger partial charge in [0.1, 0.15) is 0 Å². The monoisotopic (exact) mass is 228 g/mol. The Morgan fingerprint density at radius 1 is 1.50 bits per heavy atom. The molecule has 5 heteroatoms. The summed E-state index contributed by atoms with van der Waals surface area (Å²) in [5.41, 5.74) is 0. The summed E-state index contributed by atoms with van der Waals surface area (Å²) in [5, 5.41) is 11.7. The Hall–Kier alpha value is -1.10. The molecule has 2 N–H and O–H groups in total. The van der Waals surface area contributed by atoms with E-state index in [0.29, 0.717) is 13.1 Å². The van der Waals surface area contributed by atoms with Crippen LogP contribution in [0.4, 0.5) is 0 Å². The van der Waals surface area contributed by atoms with Gasteiger partial charge in [-0.25, -0.2) is 0 Å². The lowest BCUT2D eigenvalue weighted by Gasteiger charge is -2.30. The van der Waals surface area contributed by atoms with Crippen LogP contribution in [0.1, 0.15) is 26.7 Å². The third-order valence-corrected chi connectivity index (χ3v) is 2.67. The molecule has 1 fully saturated rings. The van der Waals surface area contributed by atoms with E-state index < -0.39 is 5.97 Å². The Labute approximate surface area is 95.8 Å². The number of nitrogens with one attached hydrogen (secondary N) is 1. The second-order valence-electron chi connectivity index (χ2n) is 4.63. The van der Waals surface area contributed by atoms with Crippen LogP contribution in [-0.4, -0.2) is 47.6 Å². The van der Waals surface area contributed by atoms with E-state index in [0.717, 1.165) is 19.4 Å². The summed E-state index contributed by atoms with van der Waals surface area (Å²) >= 11 is 0. The maximum atomic E-state index is 11.5. The van der Waals surface area contributed by atoms with Gasteiger partial charge in [-0.1, -0.05) is 0 Å². The number of likely N-dealkylation sites (tertiary alicyclic amines) is 1. The number of amides is 1. The molecule has 0 bridgehead atoms. The van der Waals surface area contributed by atoms with E-state index in [4.69, 9.17) is 5.11 Å². The van der Waals surface area contributed by atoms with Gasteiger partial charge in [-0.2, -0.15) is 0 Å². The van der Waals surface area contributed by atoms with Crippen LogP contribution < -0.4 is 5.32 Å². The zero-order chi connectivity index (χ0) is 12.1. The molecule has 0 radical (unpaired) electrons. The number of aliphatic carboxylic acids is 1. The standard InChI is InChI=1S/C11H20N2O3/c1-8(2)12-10(14)7-13-5-3-4-9(6-13)11(15)16/h8-9H,3-7H2,1-2H3,(H,12,14)(H,15,16). The van der Waals surface area contributed by atoms with Crippen molar-refractivity contribution in [2.24, 2.45) is 5.92 Å². The molecule has 0 aromatic heterocycles. The number of carboxylic acids is 1. The first-order chi connectivity index (χ1) is 7.49. The van der Waals surface area contributed by atoms with Gasteiger partial charge in [0.05, 0.1) is 12.5 Å². The van der Waals surface area contributed by atoms with Crippen molar-refractivity contribution < 1.29 is 14.7 Å². The number of rotatable bonds is 4. The average Bonchev–Trinajstić information content (AvgIpc) is 2.16. The number of carbonyl (C=O) groups is 2. The highest BCUT2D eigenvalue weighted by atomic mass is 16.4. The minimum absolute atomic E-state index is 0.0268. The van der Waals surface area contributed by atoms with Gasteiger partial charge in [0.25, 0.3) is 0 Å². The van der Waals surface area contributed by atoms with E-state index in [1.54, 1.807) is 0 Å². The molecule has 16 heavy (non-hydrogen) atoms. The molecule has 1 aliphatic rings. The van der Waals surface area contributed by atoms with Crippen LogP contribution in [0, 0.1) is 5.92 Å². The largest absolute Gasteiger partial charge is 0.481 e. The van der Waals surface area contributed by atoms with Crippen molar-refractivity contribution >= 4 is 11.9 Å². The maximum absolute atomic E-state index is 11.5. The fraction of sp³-hybridized carbons (Fsp3) is 0.818. The Bertz CT molecular complexity index is 266. The van der Waals surface area contributed by atoms with Crippen molar-refractivity contribution in [2.75, 3.05) is 19.6 Å². The Morgan fingerprint density at radius 2 is 2.19 bits per heavy atom. The second kappa shape index (κ2) is 5.84. The molecular formula is C11H20N2O3. The zero-order valence-electron chi connectivity index (χ0n) is 9.90. The van der Waals surface area contributed by atoms with Gasteiger partial charge in [0, 0.05) is 12.6 Å². The molecule has 0 aromatic rings. The number of hydrogen-bond acceptors (Lipinski definition) is 3. The van der Waals surface area contributed by atoms with Gasteiger partial charge in [0.2, 0.25) is 5.91 Å². The molecule has 1 rings (SSSR count). The molecule has 1 saturated heterocycles. The predicted octanol–water partition coefficient (Wildman–Crippen LogP) is 0.308. The van der Waals surface area contributed by atoms with Gasteiger partial charge >= 0.3 is 5.97 Å². The molecule has 0 aliphatic carbocycles. The Kier molecular flexibility index (Phi) is 4.73. The lowest BCUT2D eigenvalue weighted by Crippen LogP contribution is -2.45. The number of hydrogen-bond donors (Lipinski definition) is 2. The zero-order valence-corrected chi connectivity index (χ0v) is 9.90. The number of nitrogens with zero attached hydrogens (tertiary/aromatic N) is 1. The summed E-state index contributed by atoms with van der Waals surface area (Å²) in [5.74, 6) is -1.10. The van der Waals surface area contributed by atoms with E-state index in [-0.39, 0.29) is 17.9 Å². The molecule has 0 spiro atoms. The van der Waals surface area contributed by atoms with E-state index >= 15 is 0 Å². The topological polar surface area (TPSA) is 69.6 Å². The molecule has 1 unspecified atom stereocenters. The number of piperidine rings is 1. The fourth-order valence-electron chi connectivity index (χ4n) is 1.97. The highest BCUT2D eigenvalue weighted by molar-refractivity contribution is 5.78. The van der Waals surface area contributed by atoms with Crippen LogP contribution in [-0.2, 0) is 9.59 Å². The molecule has 92 valence electrons. The van der Waals surface area contributed by atoms with Gasteiger partial charge in [0.15, 0.2) is 0 Å². The van der Waals surface area contributed by atoms with Crippen LogP contribution >= 0.6 is 0 Å². The molecule has 1 aliphatic heterocycles. The molecule has 5 nitrogen and oxygen atoms in total. The summed E-state index contributed by atoms with van der Waals surface area (Å²) in [6.07, 6.45) is 1.57. The number of carbonyl (C=O) groups excluding carboxylic acids is 1. The summed E-state index contributed by atoms with van der Waals surface area (Å²) < 4.78 is 0. The number of carboxylic acid groups (broad SMARTS) is 1. The van der Waals surface area contributed by atoms with Crippen LogP contribution in [0.25, 0.3) is 0 Å². The van der Waals surface area contributed by atoms with Crippen LogP contribution in [0.15, 0.2) is 0 Å². The lowest BCUT2D eigenvalue weighted by atomic mass is 9.98. The second-order valence-corrected chi connectivity index (χ2v) is 4.63. The normalized spacial score (nSPS) is 22.1. The van der Waals surface area contributed by atoms with Crippen LogP contribution in [0.3, 0.4) is 0 Å². The van der Waals surface area contributed by atoms with Crippen molar-refractivity contribution in [2.45, 2.75) is 32.7 Å². The van der Waals surface area contributed by atoms with Gasteiger partial charge in [-0.15, -0.1) is 0 Å². The van der Waals surface area contributed by atoms with Crippen LogP contribution in [0.2, 0.25) is 0 Å². The van der Waals surface area contributed by atoms with E-state index in [2.05, 4.69) is 5.32 Å². The maximum Gasteiger partial charge on any atom is 0.307 e. The highest BCUT2D eigenvalue weighted by Gasteiger charge is 2.26. The molecule has 0 aromatic carbocycles. The minimum atomic E-state index is -0.756. The third-order valence-electron chi connectivity index (χ3n) is 2.67. The summed E-state index contributed by atoms with van der Waals surface area (Å²) in [6.45, 7) is 5.43. The first-order valence-electron chi connectivity index (χ1n) is 5.73. The minimum Gasteiger partial charge on any atom is -0.481 e. The molecular weight excluding hydrogens is 208 g/mol. The molecule has 0 saturated carbocycles. The van der Waals surface area contributed by atoms with Gasteiger partial charge < -0.3 is 10.4 Å². The quantitative estimate of drug-likeness (QED) is 0.726. The van der Waals surface area contributed by atoms with Crippen molar-refractivity contribution in [1.29, 1.82) is 0 Å². The molecule has 1 atom stereocenters. The molecule has 1 heterocycles. The SMILES string of the molecule is CC(C)NC(=O)CN1CCCC(C(=O)O)C1. The summed E-state index contributed by atoms with van der Waals surface area (Å²) in [4.78, 5) is 24.3. The van der Waals surface area contributed by atoms with Gasteiger partial charge in [-0.3, -0.25) is 14.5 Å². The van der Waals surface area contributed by atoms with Crippen molar-refractivity contribution in [3.05, 3.63) is 0 Å². The third kappa shape index (κ3) is 4.18. The fourth-order valence-corrected chi connectivity index (χ4v) is 1.97. The average molecular weight is 228 g/mol. The van der Waals surface area contributed by atoms with E-state index in [1.165, 1.54) is 0 Å².